The first-order valence-corrected chi connectivity index (χ1v) is 12.5. The van der Waals surface area contributed by atoms with Crippen LogP contribution in [0.3, 0.4) is 0 Å². The number of aromatic nitrogens is 4. The molecular weight excluding hydrogens is 486 g/mol. The summed E-state index contributed by atoms with van der Waals surface area (Å²) in [5, 5.41) is 13.8. The molecule has 3 aromatic heterocycles. The highest BCUT2D eigenvalue weighted by atomic mass is 16.6. The van der Waals surface area contributed by atoms with E-state index >= 15 is 0 Å². The SMILES string of the molecule is O=[N+]([O-])c1ccccc1-c1ccc2c(c1)c1cc(-c3ncccc3-c3ncc[nH]3)ccc1n2-c1ccccc1. The standard InChI is InChI=1S/C32H21N5O2/c38-37(39)30-11-5-4-9-24(30)21-12-14-28-26(19-21)27-20-22(13-15-29(27)36(28)23-7-2-1-3-8-23)31-25(10-6-16-33-31)32-34-17-18-35-32/h1-20H,(H,34,35). The van der Waals surface area contributed by atoms with Gasteiger partial charge in [-0.15, -0.1) is 0 Å². The topological polar surface area (TPSA) is 89.6 Å². The predicted octanol–water partition coefficient (Wildman–Crippen LogP) is 7.81. The van der Waals surface area contributed by atoms with Crippen LogP contribution in [0.4, 0.5) is 5.69 Å². The number of rotatable bonds is 5. The molecule has 4 aromatic carbocycles. The van der Waals surface area contributed by atoms with Crippen molar-refractivity contribution in [3.63, 3.8) is 0 Å². The van der Waals surface area contributed by atoms with Crippen molar-refractivity contribution in [1.29, 1.82) is 0 Å². The average molecular weight is 508 g/mol. The van der Waals surface area contributed by atoms with E-state index in [9.17, 15) is 10.1 Å². The second kappa shape index (κ2) is 9.08. The van der Waals surface area contributed by atoms with Gasteiger partial charge in [0.25, 0.3) is 5.69 Å². The van der Waals surface area contributed by atoms with Crippen LogP contribution in [0, 0.1) is 10.1 Å². The summed E-state index contributed by atoms with van der Waals surface area (Å²) in [6, 6.07) is 33.4. The smallest absolute Gasteiger partial charge is 0.277 e. The highest BCUT2D eigenvalue weighted by molar-refractivity contribution is 6.12. The summed E-state index contributed by atoms with van der Waals surface area (Å²) < 4.78 is 2.23. The average Bonchev–Trinajstić information content (AvgIpc) is 3.64. The molecule has 7 aromatic rings. The number of H-pyrrole nitrogens is 1. The quantitative estimate of drug-likeness (QED) is 0.190. The first kappa shape index (κ1) is 22.6. The third-order valence-electron chi connectivity index (χ3n) is 7.03. The van der Waals surface area contributed by atoms with E-state index in [0.717, 1.165) is 55.7 Å². The Morgan fingerprint density at radius 2 is 1.38 bits per heavy atom. The van der Waals surface area contributed by atoms with Crippen LogP contribution in [0.25, 0.3) is 61.3 Å². The third kappa shape index (κ3) is 3.76. The summed E-state index contributed by atoms with van der Waals surface area (Å²) in [5.41, 5.74) is 7.25. The molecule has 0 radical (unpaired) electrons. The maximum Gasteiger partial charge on any atom is 0.277 e. The predicted molar refractivity (Wildman–Crippen MR) is 154 cm³/mol. The van der Waals surface area contributed by atoms with Crippen LogP contribution in [0.1, 0.15) is 0 Å². The molecule has 0 saturated carbocycles. The number of aromatic amines is 1. The van der Waals surface area contributed by atoms with Crippen LogP contribution in [0.5, 0.6) is 0 Å². The van der Waals surface area contributed by atoms with Crippen molar-refractivity contribution in [3.05, 3.63) is 132 Å². The maximum absolute atomic E-state index is 11.8. The number of hydrogen-bond donors (Lipinski definition) is 1. The lowest BCUT2D eigenvalue weighted by Gasteiger charge is -2.09. The fourth-order valence-corrected chi connectivity index (χ4v) is 5.31. The van der Waals surface area contributed by atoms with Gasteiger partial charge >= 0.3 is 0 Å². The molecule has 39 heavy (non-hydrogen) atoms. The Bertz CT molecular complexity index is 1990. The Labute approximate surface area is 223 Å². The number of pyridine rings is 1. The molecule has 0 aliphatic heterocycles. The molecule has 7 rings (SSSR count). The molecule has 7 nitrogen and oxygen atoms in total. The zero-order valence-corrected chi connectivity index (χ0v) is 20.7. The van der Waals surface area contributed by atoms with E-state index in [4.69, 9.17) is 4.98 Å². The Kier molecular flexibility index (Phi) is 5.26. The molecule has 7 heteroatoms. The summed E-state index contributed by atoms with van der Waals surface area (Å²) in [4.78, 5) is 23.8. The Morgan fingerprint density at radius 1 is 0.692 bits per heavy atom. The van der Waals surface area contributed by atoms with Gasteiger partial charge in [-0.1, -0.05) is 42.5 Å². The molecule has 0 amide bonds. The fraction of sp³-hybridized carbons (Fsp3) is 0. The van der Waals surface area contributed by atoms with Gasteiger partial charge in [0.1, 0.15) is 5.82 Å². The number of hydrogen-bond acceptors (Lipinski definition) is 4. The summed E-state index contributed by atoms with van der Waals surface area (Å²) >= 11 is 0. The molecule has 0 saturated heterocycles. The van der Waals surface area contributed by atoms with E-state index in [1.54, 1.807) is 36.8 Å². The number of fused-ring (bicyclic) bond motifs is 3. The molecule has 1 N–H and O–H groups in total. The van der Waals surface area contributed by atoms with Gasteiger partial charge in [-0.3, -0.25) is 15.1 Å². The Hall–Kier alpha value is -5.56. The number of imidazole rings is 1. The number of nitro groups is 1. The number of nitrogens with zero attached hydrogens (tertiary/aromatic N) is 4. The first-order valence-electron chi connectivity index (χ1n) is 12.5. The van der Waals surface area contributed by atoms with E-state index in [2.05, 4.69) is 50.9 Å². The molecule has 0 bridgehead atoms. The fourth-order valence-electron chi connectivity index (χ4n) is 5.31. The van der Waals surface area contributed by atoms with Crippen molar-refractivity contribution in [1.82, 2.24) is 19.5 Å². The lowest BCUT2D eigenvalue weighted by Crippen LogP contribution is -1.94. The molecule has 0 fully saturated rings. The van der Waals surface area contributed by atoms with Gasteiger partial charge in [-0.2, -0.15) is 0 Å². The maximum atomic E-state index is 11.8. The molecule has 0 unspecified atom stereocenters. The van der Waals surface area contributed by atoms with Crippen LogP contribution in [-0.2, 0) is 0 Å². The van der Waals surface area contributed by atoms with E-state index in [1.807, 2.05) is 48.5 Å². The second-order valence-corrected chi connectivity index (χ2v) is 9.25. The monoisotopic (exact) mass is 507 g/mol. The largest absolute Gasteiger partial charge is 0.345 e. The van der Waals surface area contributed by atoms with Crippen molar-refractivity contribution < 1.29 is 4.92 Å². The van der Waals surface area contributed by atoms with E-state index < -0.39 is 0 Å². The zero-order valence-electron chi connectivity index (χ0n) is 20.7. The number of nitro benzene ring substituents is 1. The molecule has 0 atom stereocenters. The molecule has 186 valence electrons. The minimum absolute atomic E-state index is 0.0842. The van der Waals surface area contributed by atoms with Gasteiger partial charge in [0, 0.05) is 52.2 Å². The highest BCUT2D eigenvalue weighted by Crippen LogP contribution is 2.39. The van der Waals surface area contributed by atoms with Crippen molar-refractivity contribution >= 4 is 27.5 Å². The summed E-state index contributed by atoms with van der Waals surface area (Å²) in [7, 11) is 0. The van der Waals surface area contributed by atoms with Crippen molar-refractivity contribution in [2.75, 3.05) is 0 Å². The number of nitrogens with one attached hydrogen (secondary N) is 1. The van der Waals surface area contributed by atoms with Crippen LogP contribution < -0.4 is 0 Å². The van der Waals surface area contributed by atoms with Gasteiger partial charge in [0.05, 0.1) is 27.2 Å². The first-order chi connectivity index (χ1) is 19.2. The lowest BCUT2D eigenvalue weighted by molar-refractivity contribution is -0.384. The molecular formula is C32H21N5O2. The highest BCUT2D eigenvalue weighted by Gasteiger charge is 2.19. The number of para-hydroxylation sites is 2. The summed E-state index contributed by atoms with van der Waals surface area (Å²) in [5.74, 6) is 0.753. The van der Waals surface area contributed by atoms with Crippen LogP contribution in [0.2, 0.25) is 0 Å². The van der Waals surface area contributed by atoms with Crippen LogP contribution >= 0.6 is 0 Å². The Morgan fingerprint density at radius 3 is 2.13 bits per heavy atom. The van der Waals surface area contributed by atoms with Gasteiger partial charge < -0.3 is 9.55 Å². The normalized spacial score (nSPS) is 11.3. The van der Waals surface area contributed by atoms with Gasteiger partial charge in [-0.25, -0.2) is 4.98 Å². The second-order valence-electron chi connectivity index (χ2n) is 9.25. The van der Waals surface area contributed by atoms with Gasteiger partial charge in [0.2, 0.25) is 0 Å². The van der Waals surface area contributed by atoms with Crippen LogP contribution in [-0.4, -0.2) is 24.4 Å². The number of benzene rings is 4. The minimum atomic E-state index is -0.331. The van der Waals surface area contributed by atoms with E-state index in [-0.39, 0.29) is 10.6 Å². The van der Waals surface area contributed by atoms with Gasteiger partial charge in [0.15, 0.2) is 0 Å². The lowest BCUT2D eigenvalue weighted by atomic mass is 9.99. The molecule has 0 aliphatic rings. The molecule has 0 aliphatic carbocycles. The molecule has 0 spiro atoms. The zero-order chi connectivity index (χ0) is 26.3. The Balaban J connectivity index is 1.52. The van der Waals surface area contributed by atoms with Crippen molar-refractivity contribution in [2.24, 2.45) is 0 Å². The van der Waals surface area contributed by atoms with E-state index in [1.165, 1.54) is 0 Å². The van der Waals surface area contributed by atoms with E-state index in [0.29, 0.717) is 5.56 Å². The van der Waals surface area contributed by atoms with Crippen LogP contribution in [0.15, 0.2) is 122 Å². The minimum Gasteiger partial charge on any atom is -0.345 e. The third-order valence-corrected chi connectivity index (χ3v) is 7.03. The summed E-state index contributed by atoms with van der Waals surface area (Å²) in [6.45, 7) is 0. The molecule has 3 heterocycles. The van der Waals surface area contributed by atoms with Crippen molar-refractivity contribution in [2.45, 2.75) is 0 Å². The van der Waals surface area contributed by atoms with Crippen molar-refractivity contribution in [3.8, 4) is 39.5 Å². The summed E-state index contributed by atoms with van der Waals surface area (Å²) in [6.07, 6.45) is 5.31. The van der Waals surface area contributed by atoms with Gasteiger partial charge in [-0.05, 0) is 60.2 Å².